The summed E-state index contributed by atoms with van der Waals surface area (Å²) >= 11 is 0. The summed E-state index contributed by atoms with van der Waals surface area (Å²) in [6.45, 7) is 4.45. The summed E-state index contributed by atoms with van der Waals surface area (Å²) in [7, 11) is 1.78. The van der Waals surface area contributed by atoms with E-state index in [1.807, 2.05) is 0 Å². The molecule has 1 atom stereocenters. The van der Waals surface area contributed by atoms with Gasteiger partial charge in [-0.1, -0.05) is 0 Å². The van der Waals surface area contributed by atoms with Crippen molar-refractivity contribution in [3.63, 3.8) is 0 Å². The molecule has 0 aromatic rings. The summed E-state index contributed by atoms with van der Waals surface area (Å²) in [5.41, 5.74) is 0. The van der Waals surface area contributed by atoms with Crippen LogP contribution in [-0.4, -0.2) is 44.4 Å². The van der Waals surface area contributed by atoms with Gasteiger partial charge in [-0.15, -0.1) is 0 Å². The van der Waals surface area contributed by atoms with Crippen LogP contribution in [0, 0.1) is 5.92 Å². The van der Waals surface area contributed by atoms with E-state index in [4.69, 9.17) is 4.74 Å². The number of methoxy groups -OCH3 is 1. The molecule has 2 fully saturated rings. The van der Waals surface area contributed by atoms with E-state index in [1.54, 1.807) is 7.11 Å². The van der Waals surface area contributed by atoms with Crippen molar-refractivity contribution in [3.8, 4) is 0 Å². The van der Waals surface area contributed by atoms with Gasteiger partial charge in [0.05, 0.1) is 6.73 Å². The van der Waals surface area contributed by atoms with Crippen LogP contribution in [0.25, 0.3) is 0 Å². The van der Waals surface area contributed by atoms with Crippen molar-refractivity contribution >= 4 is 0 Å². The zero-order chi connectivity index (χ0) is 9.80. The summed E-state index contributed by atoms with van der Waals surface area (Å²) in [5.74, 6) is 0.847. The lowest BCUT2D eigenvalue weighted by molar-refractivity contribution is 0.0342. The molecule has 14 heavy (non-hydrogen) atoms. The van der Waals surface area contributed by atoms with Crippen molar-refractivity contribution in [3.05, 3.63) is 0 Å². The Hall–Kier alpha value is -0.120. The molecule has 0 bridgehead atoms. The van der Waals surface area contributed by atoms with Crippen molar-refractivity contribution in [1.82, 2.24) is 10.2 Å². The van der Waals surface area contributed by atoms with E-state index in [1.165, 1.54) is 45.3 Å². The zero-order valence-corrected chi connectivity index (χ0v) is 9.17. The molecule has 0 radical (unpaired) electrons. The number of likely N-dealkylation sites (tertiary alicyclic amines) is 1. The van der Waals surface area contributed by atoms with Gasteiger partial charge in [-0.2, -0.15) is 0 Å². The fraction of sp³-hybridized carbons (Fsp3) is 1.00. The highest BCUT2D eigenvalue weighted by Gasteiger charge is 2.24. The Morgan fingerprint density at radius 3 is 2.93 bits per heavy atom. The minimum Gasteiger partial charge on any atom is -0.369 e. The molecule has 2 rings (SSSR count). The molecule has 1 unspecified atom stereocenters. The highest BCUT2D eigenvalue weighted by Crippen LogP contribution is 2.21. The maximum absolute atomic E-state index is 5.17. The van der Waals surface area contributed by atoms with Crippen LogP contribution in [-0.2, 0) is 4.74 Å². The van der Waals surface area contributed by atoms with Crippen molar-refractivity contribution in [2.75, 3.05) is 33.5 Å². The highest BCUT2D eigenvalue weighted by atomic mass is 16.5. The SMILES string of the molecule is COCN1CCCC(CNC2CC2)C1. The quantitative estimate of drug-likeness (QED) is 0.715. The molecule has 82 valence electrons. The molecule has 3 nitrogen and oxygen atoms in total. The van der Waals surface area contributed by atoms with Crippen LogP contribution in [0.15, 0.2) is 0 Å². The largest absolute Gasteiger partial charge is 0.369 e. The van der Waals surface area contributed by atoms with E-state index in [0.717, 1.165) is 18.7 Å². The van der Waals surface area contributed by atoms with Crippen molar-refractivity contribution < 1.29 is 4.74 Å². The Bertz CT molecular complexity index is 169. The van der Waals surface area contributed by atoms with Gasteiger partial charge in [-0.05, 0) is 38.1 Å². The topological polar surface area (TPSA) is 24.5 Å². The molecule has 2 aliphatic rings. The third-order valence-electron chi connectivity index (χ3n) is 3.19. The monoisotopic (exact) mass is 198 g/mol. The number of hydrogen-bond donors (Lipinski definition) is 1. The number of nitrogens with one attached hydrogen (secondary N) is 1. The molecule has 0 aromatic carbocycles. The van der Waals surface area contributed by atoms with E-state index in [-0.39, 0.29) is 0 Å². The summed E-state index contributed by atoms with van der Waals surface area (Å²) in [5, 5.41) is 3.62. The minimum atomic E-state index is 0.805. The second kappa shape index (κ2) is 5.10. The van der Waals surface area contributed by atoms with Crippen LogP contribution in [0.1, 0.15) is 25.7 Å². The van der Waals surface area contributed by atoms with E-state index in [9.17, 15) is 0 Å². The van der Waals surface area contributed by atoms with Gasteiger partial charge in [0.2, 0.25) is 0 Å². The molecular weight excluding hydrogens is 176 g/mol. The molecule has 3 heteroatoms. The highest BCUT2D eigenvalue weighted by molar-refractivity contribution is 4.83. The molecule has 1 saturated heterocycles. The van der Waals surface area contributed by atoms with Crippen LogP contribution in [0.2, 0.25) is 0 Å². The maximum Gasteiger partial charge on any atom is 0.0986 e. The minimum absolute atomic E-state index is 0.805. The summed E-state index contributed by atoms with van der Waals surface area (Å²) in [6.07, 6.45) is 5.52. The fourth-order valence-electron chi connectivity index (χ4n) is 2.24. The molecule has 0 aromatic heterocycles. The van der Waals surface area contributed by atoms with Gasteiger partial charge in [0.25, 0.3) is 0 Å². The summed E-state index contributed by atoms with van der Waals surface area (Å²) in [6, 6.07) is 0.854. The lowest BCUT2D eigenvalue weighted by Crippen LogP contribution is -2.40. The average Bonchev–Trinajstić information content (AvgIpc) is 2.99. The first-order valence-corrected chi connectivity index (χ1v) is 5.83. The Labute approximate surface area is 86.8 Å². The predicted molar refractivity (Wildman–Crippen MR) is 57.2 cm³/mol. The van der Waals surface area contributed by atoms with Gasteiger partial charge < -0.3 is 10.1 Å². The first kappa shape index (κ1) is 10.4. The van der Waals surface area contributed by atoms with Gasteiger partial charge in [0.15, 0.2) is 0 Å². The second-order valence-corrected chi connectivity index (χ2v) is 4.69. The van der Waals surface area contributed by atoms with Crippen molar-refractivity contribution in [2.24, 2.45) is 5.92 Å². The van der Waals surface area contributed by atoms with E-state index in [2.05, 4.69) is 10.2 Å². The number of piperidine rings is 1. The number of hydrogen-bond acceptors (Lipinski definition) is 3. The van der Waals surface area contributed by atoms with Gasteiger partial charge >= 0.3 is 0 Å². The smallest absolute Gasteiger partial charge is 0.0986 e. The molecule has 1 aliphatic carbocycles. The lowest BCUT2D eigenvalue weighted by atomic mass is 9.98. The molecule has 0 amide bonds. The molecule has 1 N–H and O–H groups in total. The van der Waals surface area contributed by atoms with Gasteiger partial charge in [0.1, 0.15) is 0 Å². The Balaban J connectivity index is 1.64. The predicted octanol–water partition coefficient (Wildman–Crippen LogP) is 1.05. The summed E-state index contributed by atoms with van der Waals surface area (Å²) in [4.78, 5) is 2.42. The van der Waals surface area contributed by atoms with Gasteiger partial charge in [-0.3, -0.25) is 4.90 Å². The van der Waals surface area contributed by atoms with Crippen LogP contribution in [0.3, 0.4) is 0 Å². The average molecular weight is 198 g/mol. The Kier molecular flexibility index (Phi) is 3.79. The first-order valence-electron chi connectivity index (χ1n) is 5.83. The van der Waals surface area contributed by atoms with Crippen LogP contribution >= 0.6 is 0 Å². The Morgan fingerprint density at radius 1 is 1.36 bits per heavy atom. The third-order valence-corrected chi connectivity index (χ3v) is 3.19. The second-order valence-electron chi connectivity index (χ2n) is 4.69. The molecular formula is C11H22N2O. The first-order chi connectivity index (χ1) is 6.88. The van der Waals surface area contributed by atoms with Gasteiger partial charge in [0, 0.05) is 26.2 Å². The van der Waals surface area contributed by atoms with E-state index >= 15 is 0 Å². The standard InChI is InChI=1S/C11H22N2O/c1-14-9-13-6-2-3-10(8-13)7-12-11-4-5-11/h10-12H,2-9H2,1H3. The van der Waals surface area contributed by atoms with Crippen LogP contribution < -0.4 is 5.32 Å². The van der Waals surface area contributed by atoms with Crippen LogP contribution in [0.5, 0.6) is 0 Å². The molecule has 1 aliphatic heterocycles. The number of ether oxygens (including phenoxy) is 1. The molecule has 1 heterocycles. The maximum atomic E-state index is 5.17. The van der Waals surface area contributed by atoms with Gasteiger partial charge in [-0.25, -0.2) is 0 Å². The van der Waals surface area contributed by atoms with E-state index in [0.29, 0.717) is 0 Å². The summed E-state index contributed by atoms with van der Waals surface area (Å²) < 4.78 is 5.17. The fourth-order valence-corrected chi connectivity index (χ4v) is 2.24. The molecule has 1 saturated carbocycles. The molecule has 0 spiro atoms. The van der Waals surface area contributed by atoms with Crippen molar-refractivity contribution in [2.45, 2.75) is 31.7 Å². The Morgan fingerprint density at radius 2 is 2.21 bits per heavy atom. The lowest BCUT2D eigenvalue weighted by Gasteiger charge is -2.32. The third kappa shape index (κ3) is 3.23. The van der Waals surface area contributed by atoms with Crippen molar-refractivity contribution in [1.29, 1.82) is 0 Å². The number of rotatable bonds is 5. The van der Waals surface area contributed by atoms with Crippen LogP contribution in [0.4, 0.5) is 0 Å². The zero-order valence-electron chi connectivity index (χ0n) is 9.17. The van der Waals surface area contributed by atoms with E-state index < -0.39 is 0 Å². The number of nitrogens with zero attached hydrogens (tertiary/aromatic N) is 1. The normalized spacial score (nSPS) is 29.4.